The van der Waals surface area contributed by atoms with Gasteiger partial charge in [0.1, 0.15) is 11.9 Å². The predicted octanol–water partition coefficient (Wildman–Crippen LogP) is 2.00. The highest BCUT2D eigenvalue weighted by Crippen LogP contribution is 2.19. The van der Waals surface area contributed by atoms with E-state index in [0.717, 1.165) is 12.0 Å². The molecule has 5 nitrogen and oxygen atoms in total. The molecule has 3 rings (SSSR count). The van der Waals surface area contributed by atoms with Crippen molar-refractivity contribution in [2.75, 3.05) is 6.54 Å². The topological polar surface area (TPSA) is 75.4 Å². The monoisotopic (exact) mass is 369 g/mol. The molecule has 1 aliphatic heterocycles. The van der Waals surface area contributed by atoms with Gasteiger partial charge in [0, 0.05) is 13.1 Å². The molecule has 0 unspecified atom stereocenters. The Kier molecular flexibility index (Phi) is 6.19. The largest absolute Gasteiger partial charge is 0.350 e. The number of likely N-dealkylation sites (tertiary alicyclic amines) is 1. The molecule has 0 saturated carbocycles. The van der Waals surface area contributed by atoms with Crippen molar-refractivity contribution in [1.29, 1.82) is 0 Å². The van der Waals surface area contributed by atoms with Gasteiger partial charge in [-0.3, -0.25) is 9.59 Å². The first-order chi connectivity index (χ1) is 13.0. The molecule has 0 aliphatic carbocycles. The fraction of sp³-hybridized carbons (Fsp3) is 0.333. The van der Waals surface area contributed by atoms with Crippen LogP contribution < -0.4 is 11.1 Å². The van der Waals surface area contributed by atoms with Gasteiger partial charge in [-0.2, -0.15) is 0 Å². The number of amides is 2. The molecule has 0 aromatic heterocycles. The van der Waals surface area contributed by atoms with Crippen molar-refractivity contribution in [1.82, 2.24) is 10.2 Å². The van der Waals surface area contributed by atoms with Crippen LogP contribution in [0.4, 0.5) is 4.39 Å². The number of carbonyl (C=O) groups is 2. The van der Waals surface area contributed by atoms with Crippen molar-refractivity contribution in [2.24, 2.45) is 5.73 Å². The van der Waals surface area contributed by atoms with Gasteiger partial charge in [0.25, 0.3) is 0 Å². The van der Waals surface area contributed by atoms with E-state index in [1.807, 2.05) is 30.3 Å². The Bertz CT molecular complexity index is 797. The van der Waals surface area contributed by atoms with Crippen molar-refractivity contribution in [3.05, 3.63) is 71.5 Å². The van der Waals surface area contributed by atoms with E-state index in [0.29, 0.717) is 24.9 Å². The molecule has 1 heterocycles. The van der Waals surface area contributed by atoms with E-state index < -0.39 is 12.1 Å². The molecule has 0 radical (unpaired) electrons. The van der Waals surface area contributed by atoms with Gasteiger partial charge in [0.15, 0.2) is 0 Å². The average Bonchev–Trinajstić information content (AvgIpc) is 3.16. The SMILES string of the molecule is N[C@@H](Cc1ccccc1)C(=O)N1CCC[C@H]1C(=O)NCc1cccc(F)c1. The maximum absolute atomic E-state index is 13.2. The van der Waals surface area contributed by atoms with Crippen LogP contribution in [0.2, 0.25) is 0 Å². The number of halogens is 1. The minimum Gasteiger partial charge on any atom is -0.350 e. The van der Waals surface area contributed by atoms with E-state index in [4.69, 9.17) is 5.73 Å². The fourth-order valence-electron chi connectivity index (χ4n) is 3.43. The first kappa shape index (κ1) is 19.0. The Labute approximate surface area is 158 Å². The maximum Gasteiger partial charge on any atom is 0.243 e. The van der Waals surface area contributed by atoms with Crippen molar-refractivity contribution in [2.45, 2.75) is 37.9 Å². The van der Waals surface area contributed by atoms with Crippen LogP contribution in [0.5, 0.6) is 0 Å². The number of nitrogens with zero attached hydrogens (tertiary/aromatic N) is 1. The highest BCUT2D eigenvalue weighted by molar-refractivity contribution is 5.90. The zero-order valence-electron chi connectivity index (χ0n) is 15.1. The third-order valence-corrected chi connectivity index (χ3v) is 4.81. The summed E-state index contributed by atoms with van der Waals surface area (Å²) in [5, 5.41) is 2.80. The van der Waals surface area contributed by atoms with Gasteiger partial charge in [-0.1, -0.05) is 42.5 Å². The van der Waals surface area contributed by atoms with Gasteiger partial charge in [-0.25, -0.2) is 4.39 Å². The van der Waals surface area contributed by atoms with Crippen LogP contribution in [-0.4, -0.2) is 35.3 Å². The summed E-state index contributed by atoms with van der Waals surface area (Å²) in [7, 11) is 0. The zero-order chi connectivity index (χ0) is 19.2. The van der Waals surface area contributed by atoms with Crippen LogP contribution in [0.3, 0.4) is 0 Å². The standard InChI is InChI=1S/C21H24FN3O2/c22-17-9-4-8-16(12-17)14-24-20(26)19-10-5-11-25(19)21(27)18(23)13-15-6-2-1-3-7-15/h1-4,6-9,12,18-19H,5,10-11,13-14,23H2,(H,24,26)/t18-,19-/m0/s1. The van der Waals surface area contributed by atoms with Crippen molar-refractivity contribution < 1.29 is 14.0 Å². The maximum atomic E-state index is 13.2. The van der Waals surface area contributed by atoms with E-state index in [2.05, 4.69) is 5.32 Å². The summed E-state index contributed by atoms with van der Waals surface area (Å²) in [6, 6.07) is 14.5. The quantitative estimate of drug-likeness (QED) is 0.818. The summed E-state index contributed by atoms with van der Waals surface area (Å²) in [5.74, 6) is -0.773. The Balaban J connectivity index is 1.58. The summed E-state index contributed by atoms with van der Waals surface area (Å²) in [6.45, 7) is 0.755. The van der Waals surface area contributed by atoms with Crippen molar-refractivity contribution in [3.8, 4) is 0 Å². The highest BCUT2D eigenvalue weighted by Gasteiger charge is 2.35. The first-order valence-electron chi connectivity index (χ1n) is 9.17. The third kappa shape index (κ3) is 4.92. The molecule has 2 aromatic rings. The van der Waals surface area contributed by atoms with E-state index in [1.54, 1.807) is 17.0 Å². The molecule has 6 heteroatoms. The second-order valence-corrected chi connectivity index (χ2v) is 6.83. The summed E-state index contributed by atoms with van der Waals surface area (Å²) >= 11 is 0. The van der Waals surface area contributed by atoms with Gasteiger partial charge in [0.05, 0.1) is 6.04 Å². The number of hydrogen-bond acceptors (Lipinski definition) is 3. The van der Waals surface area contributed by atoms with Crippen LogP contribution in [0.1, 0.15) is 24.0 Å². The average molecular weight is 369 g/mol. The predicted molar refractivity (Wildman–Crippen MR) is 101 cm³/mol. The number of rotatable bonds is 6. The molecule has 3 N–H and O–H groups in total. The summed E-state index contributed by atoms with van der Waals surface area (Å²) in [6.07, 6.45) is 1.81. The number of nitrogens with two attached hydrogens (primary N) is 1. The number of carbonyl (C=O) groups excluding carboxylic acids is 2. The molecule has 0 spiro atoms. The lowest BCUT2D eigenvalue weighted by Crippen LogP contribution is -2.51. The molecule has 27 heavy (non-hydrogen) atoms. The Morgan fingerprint density at radius 2 is 1.89 bits per heavy atom. The second kappa shape index (κ2) is 8.77. The molecule has 1 fully saturated rings. The smallest absolute Gasteiger partial charge is 0.243 e. The molecule has 2 amide bonds. The van der Waals surface area contributed by atoms with Crippen LogP contribution >= 0.6 is 0 Å². The van der Waals surface area contributed by atoms with Gasteiger partial charge in [0.2, 0.25) is 11.8 Å². The lowest BCUT2D eigenvalue weighted by molar-refractivity contribution is -0.139. The van der Waals surface area contributed by atoms with E-state index in [1.165, 1.54) is 12.1 Å². The van der Waals surface area contributed by atoms with Crippen LogP contribution in [0.25, 0.3) is 0 Å². The molecule has 2 aromatic carbocycles. The van der Waals surface area contributed by atoms with Gasteiger partial charge >= 0.3 is 0 Å². The molecule has 0 bridgehead atoms. The molecule has 1 aliphatic rings. The van der Waals surface area contributed by atoms with Crippen LogP contribution in [0.15, 0.2) is 54.6 Å². The second-order valence-electron chi connectivity index (χ2n) is 6.83. The first-order valence-corrected chi connectivity index (χ1v) is 9.17. The van der Waals surface area contributed by atoms with Crippen molar-refractivity contribution in [3.63, 3.8) is 0 Å². The van der Waals surface area contributed by atoms with Gasteiger partial charge in [-0.05, 0) is 42.5 Å². The van der Waals surface area contributed by atoms with Gasteiger partial charge in [-0.15, -0.1) is 0 Å². The molecular weight excluding hydrogens is 345 g/mol. The summed E-state index contributed by atoms with van der Waals surface area (Å²) in [4.78, 5) is 26.9. The lowest BCUT2D eigenvalue weighted by atomic mass is 10.1. The van der Waals surface area contributed by atoms with Gasteiger partial charge < -0.3 is 16.0 Å². The zero-order valence-corrected chi connectivity index (χ0v) is 15.1. The number of benzene rings is 2. The summed E-state index contributed by atoms with van der Waals surface area (Å²) < 4.78 is 13.2. The Morgan fingerprint density at radius 3 is 2.63 bits per heavy atom. The number of hydrogen-bond donors (Lipinski definition) is 2. The van der Waals surface area contributed by atoms with E-state index in [-0.39, 0.29) is 24.2 Å². The minimum absolute atomic E-state index is 0.206. The van der Waals surface area contributed by atoms with E-state index >= 15 is 0 Å². The molecular formula is C21H24FN3O2. The van der Waals surface area contributed by atoms with E-state index in [9.17, 15) is 14.0 Å². The Hall–Kier alpha value is -2.73. The third-order valence-electron chi connectivity index (χ3n) is 4.81. The minimum atomic E-state index is -0.677. The number of nitrogens with one attached hydrogen (secondary N) is 1. The van der Waals surface area contributed by atoms with Crippen LogP contribution in [0, 0.1) is 5.82 Å². The van der Waals surface area contributed by atoms with Crippen LogP contribution in [-0.2, 0) is 22.6 Å². The molecule has 1 saturated heterocycles. The highest BCUT2D eigenvalue weighted by atomic mass is 19.1. The molecule has 2 atom stereocenters. The van der Waals surface area contributed by atoms with Crippen molar-refractivity contribution >= 4 is 11.8 Å². The Morgan fingerprint density at radius 1 is 1.15 bits per heavy atom. The molecule has 142 valence electrons. The fourth-order valence-corrected chi connectivity index (χ4v) is 3.43. The normalized spacial score (nSPS) is 17.6. The summed E-state index contributed by atoms with van der Waals surface area (Å²) in [5.41, 5.74) is 7.78. The lowest BCUT2D eigenvalue weighted by Gasteiger charge is -2.26.